The predicted octanol–water partition coefficient (Wildman–Crippen LogP) is 1.18. The van der Waals surface area contributed by atoms with Crippen LogP contribution in [0.3, 0.4) is 0 Å². The lowest BCUT2D eigenvalue weighted by Gasteiger charge is -2.34. The van der Waals surface area contributed by atoms with Crippen LogP contribution >= 0.6 is 0 Å². The van der Waals surface area contributed by atoms with E-state index in [4.69, 9.17) is 9.84 Å². The van der Waals surface area contributed by atoms with Crippen molar-refractivity contribution in [3.63, 3.8) is 0 Å². The number of carbonyl (C=O) groups is 3. The summed E-state index contributed by atoms with van der Waals surface area (Å²) >= 11 is 0. The topological polar surface area (TPSA) is 87.2 Å². The van der Waals surface area contributed by atoms with Gasteiger partial charge in [-0.3, -0.25) is 9.59 Å². The number of urea groups is 1. The van der Waals surface area contributed by atoms with E-state index in [1.165, 1.54) is 4.90 Å². The number of carboxylic acid groups (broad SMARTS) is 1. The summed E-state index contributed by atoms with van der Waals surface area (Å²) in [4.78, 5) is 37.6. The molecule has 7 heteroatoms. The SMILES string of the molecule is CCOC(=O)CN(CC)C(=O)N1CCC(CC(=O)O)CC1. The number of rotatable bonds is 6. The van der Waals surface area contributed by atoms with E-state index in [1.807, 2.05) is 6.92 Å². The summed E-state index contributed by atoms with van der Waals surface area (Å²) in [5.74, 6) is -1.07. The van der Waals surface area contributed by atoms with Gasteiger partial charge in [-0.1, -0.05) is 0 Å². The van der Waals surface area contributed by atoms with Crippen LogP contribution in [0.5, 0.6) is 0 Å². The molecule has 0 atom stereocenters. The lowest BCUT2D eigenvalue weighted by Crippen LogP contribution is -2.48. The van der Waals surface area contributed by atoms with Crippen molar-refractivity contribution >= 4 is 18.0 Å². The van der Waals surface area contributed by atoms with Gasteiger partial charge in [-0.25, -0.2) is 4.79 Å². The first-order valence-electron chi connectivity index (χ1n) is 7.39. The van der Waals surface area contributed by atoms with Crippen molar-refractivity contribution in [2.24, 2.45) is 5.92 Å². The summed E-state index contributed by atoms with van der Waals surface area (Å²) < 4.78 is 4.86. The first kappa shape index (κ1) is 17.3. The van der Waals surface area contributed by atoms with Gasteiger partial charge in [0, 0.05) is 26.1 Å². The van der Waals surface area contributed by atoms with Crippen molar-refractivity contribution in [2.75, 3.05) is 32.8 Å². The lowest BCUT2D eigenvalue weighted by atomic mass is 9.94. The minimum Gasteiger partial charge on any atom is -0.481 e. The average molecular weight is 300 g/mol. The normalized spacial score (nSPS) is 15.6. The van der Waals surface area contributed by atoms with Gasteiger partial charge in [0.1, 0.15) is 6.54 Å². The van der Waals surface area contributed by atoms with Crippen molar-refractivity contribution in [1.82, 2.24) is 9.80 Å². The molecule has 0 aromatic carbocycles. The first-order valence-corrected chi connectivity index (χ1v) is 7.39. The number of likely N-dealkylation sites (N-methyl/N-ethyl adjacent to an activating group) is 1. The number of amides is 2. The summed E-state index contributed by atoms with van der Waals surface area (Å²) in [7, 11) is 0. The first-order chi connectivity index (χ1) is 9.97. The van der Waals surface area contributed by atoms with Crippen molar-refractivity contribution in [2.45, 2.75) is 33.1 Å². The van der Waals surface area contributed by atoms with E-state index in [0.717, 1.165) is 0 Å². The number of esters is 1. The minimum atomic E-state index is -0.794. The third-order valence-electron chi connectivity index (χ3n) is 3.63. The Labute approximate surface area is 124 Å². The van der Waals surface area contributed by atoms with Crippen molar-refractivity contribution in [3.05, 3.63) is 0 Å². The zero-order valence-corrected chi connectivity index (χ0v) is 12.7. The molecule has 0 aromatic rings. The van der Waals surface area contributed by atoms with Crippen LogP contribution < -0.4 is 0 Å². The highest BCUT2D eigenvalue weighted by molar-refractivity contribution is 5.81. The third kappa shape index (κ3) is 5.61. The molecule has 2 amide bonds. The molecule has 0 spiro atoms. The Bertz CT molecular complexity index is 378. The highest BCUT2D eigenvalue weighted by Crippen LogP contribution is 2.21. The van der Waals surface area contributed by atoms with E-state index >= 15 is 0 Å². The van der Waals surface area contributed by atoms with Gasteiger partial charge >= 0.3 is 18.0 Å². The second kappa shape index (κ2) is 8.49. The lowest BCUT2D eigenvalue weighted by molar-refractivity contribution is -0.144. The van der Waals surface area contributed by atoms with Crippen molar-refractivity contribution < 1.29 is 24.2 Å². The molecule has 21 heavy (non-hydrogen) atoms. The molecule has 1 aliphatic heterocycles. The highest BCUT2D eigenvalue weighted by Gasteiger charge is 2.27. The third-order valence-corrected chi connectivity index (χ3v) is 3.63. The van der Waals surface area contributed by atoms with Crippen molar-refractivity contribution in [1.29, 1.82) is 0 Å². The maximum atomic E-state index is 12.3. The zero-order valence-electron chi connectivity index (χ0n) is 12.7. The zero-order chi connectivity index (χ0) is 15.8. The Morgan fingerprint density at radius 1 is 1.24 bits per heavy atom. The number of likely N-dealkylation sites (tertiary alicyclic amines) is 1. The minimum absolute atomic E-state index is 0.0434. The van der Waals surface area contributed by atoms with Gasteiger partial charge < -0.3 is 19.6 Å². The summed E-state index contributed by atoms with van der Waals surface area (Å²) in [6, 6.07) is -0.181. The van der Waals surface area contributed by atoms with Gasteiger partial charge in [-0.2, -0.15) is 0 Å². The number of carbonyl (C=O) groups excluding carboxylic acids is 2. The second-order valence-corrected chi connectivity index (χ2v) is 5.13. The molecule has 0 radical (unpaired) electrons. The molecule has 0 bridgehead atoms. The number of nitrogens with zero attached hydrogens (tertiary/aromatic N) is 2. The molecule has 1 heterocycles. The fourth-order valence-electron chi connectivity index (χ4n) is 2.45. The molecule has 0 aliphatic carbocycles. The van der Waals surface area contributed by atoms with Crippen LogP contribution in [-0.2, 0) is 14.3 Å². The number of aliphatic carboxylic acids is 1. The summed E-state index contributed by atoms with van der Waals surface area (Å²) in [6.45, 7) is 5.31. The quantitative estimate of drug-likeness (QED) is 0.744. The van der Waals surface area contributed by atoms with Gasteiger partial charge in [0.05, 0.1) is 6.61 Å². The van der Waals surface area contributed by atoms with E-state index in [-0.39, 0.29) is 24.9 Å². The molecule has 1 saturated heterocycles. The van der Waals surface area contributed by atoms with Gasteiger partial charge in [-0.05, 0) is 32.6 Å². The maximum Gasteiger partial charge on any atom is 0.325 e. The van der Waals surface area contributed by atoms with E-state index in [1.54, 1.807) is 11.8 Å². The molecule has 1 fully saturated rings. The predicted molar refractivity (Wildman–Crippen MR) is 75.8 cm³/mol. The summed E-state index contributed by atoms with van der Waals surface area (Å²) in [5, 5.41) is 8.78. The van der Waals surface area contributed by atoms with E-state index < -0.39 is 11.9 Å². The Morgan fingerprint density at radius 3 is 2.33 bits per heavy atom. The molecule has 0 saturated carbocycles. The van der Waals surface area contributed by atoms with Crippen LogP contribution in [0.2, 0.25) is 0 Å². The van der Waals surface area contributed by atoms with Gasteiger partial charge in [0.2, 0.25) is 0 Å². The standard InChI is InChI=1S/C14H24N2O5/c1-3-15(10-13(19)21-4-2)14(20)16-7-5-11(6-8-16)9-12(17)18/h11H,3-10H2,1-2H3,(H,17,18). The monoisotopic (exact) mass is 300 g/mol. The molecule has 7 nitrogen and oxygen atoms in total. The van der Waals surface area contributed by atoms with Gasteiger partial charge in [-0.15, -0.1) is 0 Å². The second-order valence-electron chi connectivity index (χ2n) is 5.13. The molecule has 0 unspecified atom stereocenters. The van der Waals surface area contributed by atoms with Crippen LogP contribution in [0.1, 0.15) is 33.1 Å². The Balaban J connectivity index is 2.47. The molecule has 0 aromatic heterocycles. The summed E-state index contributed by atoms with van der Waals surface area (Å²) in [5.41, 5.74) is 0. The number of hydrogen-bond donors (Lipinski definition) is 1. The van der Waals surface area contributed by atoms with Crippen LogP contribution in [0, 0.1) is 5.92 Å². The molecule has 1 N–H and O–H groups in total. The fourth-order valence-corrected chi connectivity index (χ4v) is 2.45. The van der Waals surface area contributed by atoms with Gasteiger partial charge in [0.15, 0.2) is 0 Å². The number of ether oxygens (including phenoxy) is 1. The number of hydrogen-bond acceptors (Lipinski definition) is 4. The Hall–Kier alpha value is -1.79. The number of carboxylic acids is 1. The molecule has 120 valence electrons. The molecular weight excluding hydrogens is 276 g/mol. The molecule has 1 aliphatic rings. The Morgan fingerprint density at radius 2 is 1.86 bits per heavy atom. The summed E-state index contributed by atoms with van der Waals surface area (Å²) in [6.07, 6.45) is 1.53. The fraction of sp³-hybridized carbons (Fsp3) is 0.786. The molecule has 1 rings (SSSR count). The van der Waals surface area contributed by atoms with Crippen LogP contribution in [0.15, 0.2) is 0 Å². The number of piperidine rings is 1. The smallest absolute Gasteiger partial charge is 0.325 e. The molecular formula is C14H24N2O5. The Kier molecular flexibility index (Phi) is 6.98. The van der Waals surface area contributed by atoms with Crippen LogP contribution in [-0.4, -0.2) is 65.7 Å². The average Bonchev–Trinajstić information content (AvgIpc) is 2.44. The van der Waals surface area contributed by atoms with E-state index in [9.17, 15) is 14.4 Å². The van der Waals surface area contributed by atoms with Crippen LogP contribution in [0.25, 0.3) is 0 Å². The van der Waals surface area contributed by atoms with Crippen molar-refractivity contribution in [3.8, 4) is 0 Å². The highest BCUT2D eigenvalue weighted by atomic mass is 16.5. The van der Waals surface area contributed by atoms with Crippen LogP contribution in [0.4, 0.5) is 4.79 Å². The van der Waals surface area contributed by atoms with Gasteiger partial charge in [0.25, 0.3) is 0 Å². The van der Waals surface area contributed by atoms with E-state index in [2.05, 4.69) is 0 Å². The van der Waals surface area contributed by atoms with E-state index in [0.29, 0.717) is 39.1 Å². The largest absolute Gasteiger partial charge is 0.481 e. The maximum absolute atomic E-state index is 12.3.